The highest BCUT2D eigenvalue weighted by molar-refractivity contribution is 5.89. The molecular formula is C32H42F3N3O4. The van der Waals surface area contributed by atoms with Gasteiger partial charge in [0.2, 0.25) is 11.8 Å². The first-order chi connectivity index (χ1) is 20.0. The van der Waals surface area contributed by atoms with E-state index in [9.17, 15) is 27.9 Å². The van der Waals surface area contributed by atoms with E-state index in [0.717, 1.165) is 18.4 Å². The molecule has 230 valence electrons. The monoisotopic (exact) mass is 589 g/mol. The van der Waals surface area contributed by atoms with Crippen molar-refractivity contribution in [2.24, 2.45) is 16.6 Å². The topological polar surface area (TPSA) is 105 Å². The Morgan fingerprint density at radius 2 is 1.71 bits per heavy atom. The van der Waals surface area contributed by atoms with Gasteiger partial charge in [0.1, 0.15) is 5.75 Å². The van der Waals surface area contributed by atoms with Gasteiger partial charge in [-0.15, -0.1) is 13.2 Å². The van der Waals surface area contributed by atoms with Crippen LogP contribution >= 0.6 is 0 Å². The molecule has 1 aliphatic rings. The fourth-order valence-corrected chi connectivity index (χ4v) is 5.91. The molecular weight excluding hydrogens is 547 g/mol. The first-order valence-electron chi connectivity index (χ1n) is 14.5. The van der Waals surface area contributed by atoms with Gasteiger partial charge in [-0.1, -0.05) is 74.5 Å². The van der Waals surface area contributed by atoms with E-state index < -0.39 is 29.2 Å². The zero-order chi connectivity index (χ0) is 30.8. The Balaban J connectivity index is 1.85. The SMILES string of the molecule is CCCN(CCC)C(=O)C1(CCCNCc2ccccc2OC(F)(F)F)CC=C[C@](Cc2ccccc2)(C(N)=O)[C@@H]1O. The number of nitrogens with two attached hydrogens (primary N) is 1. The number of amides is 2. The number of primary amides is 1. The van der Waals surface area contributed by atoms with Crippen LogP contribution in [0.3, 0.4) is 0 Å². The Hall–Kier alpha value is -3.37. The van der Waals surface area contributed by atoms with Gasteiger partial charge in [0.15, 0.2) is 0 Å². The van der Waals surface area contributed by atoms with Crippen LogP contribution in [0.4, 0.5) is 13.2 Å². The molecule has 0 spiro atoms. The number of aliphatic hydroxyl groups excluding tert-OH is 1. The first-order valence-corrected chi connectivity index (χ1v) is 14.5. The van der Waals surface area contributed by atoms with Crippen molar-refractivity contribution in [2.45, 2.75) is 71.4 Å². The van der Waals surface area contributed by atoms with Crippen LogP contribution in [0.5, 0.6) is 5.75 Å². The van der Waals surface area contributed by atoms with Gasteiger partial charge in [-0.05, 0) is 56.7 Å². The first kappa shape index (κ1) is 33.1. The van der Waals surface area contributed by atoms with Gasteiger partial charge in [-0.25, -0.2) is 0 Å². The fraction of sp³-hybridized carbons (Fsp3) is 0.500. The molecule has 3 rings (SSSR count). The number of rotatable bonds is 15. The second-order valence-corrected chi connectivity index (χ2v) is 11.0. The molecule has 0 bridgehead atoms. The standard InChI is InChI=1S/C32H42F3N3O4/c1-3-20-38(21-4-2)29(41)30(18-11-19-37-23-25-14-8-9-15-26(25)42-32(33,34)35)16-10-17-31(27(30)39,28(36)40)22-24-12-6-5-7-13-24/h5-10,12-15,17,27,37,39H,3-4,11,16,18-23H2,1-2H3,(H2,36,40)/t27-,30?,31-/m1/s1. The largest absolute Gasteiger partial charge is 0.573 e. The molecule has 2 aromatic carbocycles. The number of benzene rings is 2. The lowest BCUT2D eigenvalue weighted by Crippen LogP contribution is -2.61. The summed E-state index contributed by atoms with van der Waals surface area (Å²) in [5.41, 5.74) is 4.34. The van der Waals surface area contributed by atoms with Crippen LogP contribution in [0, 0.1) is 10.8 Å². The van der Waals surface area contributed by atoms with Crippen molar-refractivity contribution in [1.29, 1.82) is 0 Å². The molecule has 42 heavy (non-hydrogen) atoms. The summed E-state index contributed by atoms with van der Waals surface area (Å²) in [5, 5.41) is 15.2. The average Bonchev–Trinajstić information content (AvgIpc) is 2.95. The van der Waals surface area contributed by atoms with Gasteiger partial charge in [0, 0.05) is 25.2 Å². The Labute approximate surface area is 245 Å². The van der Waals surface area contributed by atoms with Gasteiger partial charge < -0.3 is 25.8 Å². The van der Waals surface area contributed by atoms with Crippen LogP contribution < -0.4 is 15.8 Å². The lowest BCUT2D eigenvalue weighted by molar-refractivity contribution is -0.274. The number of hydrogen-bond acceptors (Lipinski definition) is 5. The van der Waals surface area contributed by atoms with Crippen molar-refractivity contribution in [2.75, 3.05) is 19.6 Å². The molecule has 2 amide bonds. The molecule has 3 atom stereocenters. The van der Waals surface area contributed by atoms with Gasteiger partial charge in [0.05, 0.1) is 16.9 Å². The summed E-state index contributed by atoms with van der Waals surface area (Å²) in [4.78, 5) is 29.1. The van der Waals surface area contributed by atoms with Crippen molar-refractivity contribution in [1.82, 2.24) is 10.2 Å². The maximum Gasteiger partial charge on any atom is 0.573 e. The third-order valence-corrected chi connectivity index (χ3v) is 7.90. The van der Waals surface area contributed by atoms with E-state index in [1.54, 1.807) is 29.2 Å². The third-order valence-electron chi connectivity index (χ3n) is 7.90. The second-order valence-electron chi connectivity index (χ2n) is 11.0. The Kier molecular flexibility index (Phi) is 11.6. The maximum atomic E-state index is 14.3. The highest BCUT2D eigenvalue weighted by Gasteiger charge is 2.58. The molecule has 0 aliphatic heterocycles. The highest BCUT2D eigenvalue weighted by Crippen LogP contribution is 2.48. The lowest BCUT2D eigenvalue weighted by atomic mass is 9.58. The molecule has 0 fully saturated rings. The number of hydrogen-bond donors (Lipinski definition) is 3. The van der Waals surface area contributed by atoms with Gasteiger partial charge in [0.25, 0.3) is 0 Å². The molecule has 1 unspecified atom stereocenters. The smallest absolute Gasteiger partial charge is 0.405 e. The van der Waals surface area contributed by atoms with Gasteiger partial charge in [-0.2, -0.15) is 0 Å². The molecule has 0 heterocycles. The normalized spacial score (nSPS) is 22.1. The van der Waals surface area contributed by atoms with E-state index in [1.165, 1.54) is 12.1 Å². The van der Waals surface area contributed by atoms with Crippen LogP contribution in [0.1, 0.15) is 57.1 Å². The highest BCUT2D eigenvalue weighted by atomic mass is 19.4. The summed E-state index contributed by atoms with van der Waals surface area (Å²) in [6.07, 6.45) is -0.219. The van der Waals surface area contributed by atoms with E-state index in [2.05, 4.69) is 10.1 Å². The van der Waals surface area contributed by atoms with Gasteiger partial charge >= 0.3 is 6.36 Å². The van der Waals surface area contributed by atoms with E-state index in [0.29, 0.717) is 31.6 Å². The average molecular weight is 590 g/mol. The predicted molar refractivity (Wildman–Crippen MR) is 155 cm³/mol. The summed E-state index contributed by atoms with van der Waals surface area (Å²) >= 11 is 0. The minimum absolute atomic E-state index is 0.118. The van der Waals surface area contributed by atoms with Gasteiger partial charge in [-0.3, -0.25) is 9.59 Å². The molecule has 10 heteroatoms. The van der Waals surface area contributed by atoms with Crippen LogP contribution in [-0.4, -0.2) is 53.9 Å². The van der Waals surface area contributed by atoms with E-state index in [4.69, 9.17) is 5.73 Å². The number of para-hydroxylation sites is 1. The number of aliphatic hydroxyl groups is 1. The van der Waals surface area contributed by atoms with Crippen LogP contribution in [-0.2, 0) is 22.6 Å². The Morgan fingerprint density at radius 3 is 2.33 bits per heavy atom. The number of nitrogens with zero attached hydrogens (tertiary/aromatic N) is 1. The van der Waals surface area contributed by atoms with Crippen molar-refractivity contribution in [3.05, 3.63) is 77.9 Å². The Bertz CT molecular complexity index is 1200. The lowest BCUT2D eigenvalue weighted by Gasteiger charge is -2.49. The number of ether oxygens (including phenoxy) is 1. The summed E-state index contributed by atoms with van der Waals surface area (Å²) in [7, 11) is 0. The zero-order valence-electron chi connectivity index (χ0n) is 24.3. The van der Waals surface area contributed by atoms with E-state index >= 15 is 0 Å². The third kappa shape index (κ3) is 7.92. The quantitative estimate of drug-likeness (QED) is 0.198. The predicted octanol–water partition coefficient (Wildman–Crippen LogP) is 5.13. The van der Waals surface area contributed by atoms with Crippen molar-refractivity contribution in [3.63, 3.8) is 0 Å². The summed E-state index contributed by atoms with van der Waals surface area (Å²) in [6.45, 7) is 5.46. The zero-order valence-corrected chi connectivity index (χ0v) is 24.3. The molecule has 0 saturated carbocycles. The number of halogens is 3. The number of allylic oxidation sites excluding steroid dienone is 1. The number of carbonyl (C=O) groups is 2. The molecule has 0 radical (unpaired) electrons. The summed E-state index contributed by atoms with van der Waals surface area (Å²) in [5.74, 6) is -1.20. The molecule has 1 aliphatic carbocycles. The molecule has 0 saturated heterocycles. The van der Waals surface area contributed by atoms with Crippen molar-refractivity contribution < 1.29 is 32.6 Å². The number of carbonyl (C=O) groups excluding carboxylic acids is 2. The van der Waals surface area contributed by atoms with E-state index in [1.807, 2.05) is 44.2 Å². The second kappa shape index (κ2) is 14.7. The Morgan fingerprint density at radius 1 is 1.07 bits per heavy atom. The minimum atomic E-state index is -4.80. The molecule has 2 aromatic rings. The maximum absolute atomic E-state index is 14.3. The van der Waals surface area contributed by atoms with Crippen molar-refractivity contribution in [3.8, 4) is 5.75 Å². The van der Waals surface area contributed by atoms with Crippen LogP contribution in [0.25, 0.3) is 0 Å². The molecule has 4 N–H and O–H groups in total. The molecule has 7 nitrogen and oxygen atoms in total. The van der Waals surface area contributed by atoms with Crippen molar-refractivity contribution >= 4 is 11.8 Å². The molecule has 0 aromatic heterocycles. The summed E-state index contributed by atoms with van der Waals surface area (Å²) < 4.78 is 42.6. The van der Waals surface area contributed by atoms with Crippen LogP contribution in [0.2, 0.25) is 0 Å². The minimum Gasteiger partial charge on any atom is -0.405 e. The van der Waals surface area contributed by atoms with E-state index in [-0.39, 0.29) is 37.5 Å². The number of alkyl halides is 3. The summed E-state index contributed by atoms with van der Waals surface area (Å²) in [6, 6.07) is 15.2. The fourth-order valence-electron chi connectivity index (χ4n) is 5.91. The van der Waals surface area contributed by atoms with Crippen LogP contribution in [0.15, 0.2) is 66.7 Å². The number of nitrogens with one attached hydrogen (secondary N) is 1.